The number of carbonyl (C=O) groups is 1. The topological polar surface area (TPSA) is 20.3 Å². The van der Waals surface area contributed by atoms with Crippen molar-refractivity contribution in [2.24, 2.45) is 0 Å². The molecule has 2 nitrogen and oxygen atoms in total. The molecule has 0 unspecified atom stereocenters. The van der Waals surface area contributed by atoms with Crippen molar-refractivity contribution in [3.8, 4) is 0 Å². The van der Waals surface area contributed by atoms with Crippen LogP contribution < -0.4 is 0 Å². The number of carbonyl (C=O) groups excluding carboxylic acids is 1. The fourth-order valence-corrected chi connectivity index (χ4v) is 1.35. The van der Waals surface area contributed by atoms with Crippen LogP contribution in [0.4, 0.5) is 0 Å². The molecule has 0 N–H and O–H groups in total. The van der Waals surface area contributed by atoms with E-state index in [1.807, 2.05) is 40.0 Å². The molecule has 0 heterocycles. The van der Waals surface area contributed by atoms with E-state index < -0.39 is 0 Å². The van der Waals surface area contributed by atoms with Crippen molar-refractivity contribution in [1.82, 2.24) is 4.90 Å². The molecule has 0 aliphatic carbocycles. The minimum Gasteiger partial charge on any atom is -0.342 e. The van der Waals surface area contributed by atoms with Gasteiger partial charge in [0.25, 0.3) is 0 Å². The predicted molar refractivity (Wildman–Crippen MR) is 90.3 cm³/mol. The van der Waals surface area contributed by atoms with Gasteiger partial charge in [0.1, 0.15) is 0 Å². The van der Waals surface area contributed by atoms with Crippen LogP contribution in [0, 0.1) is 0 Å². The fourth-order valence-electron chi connectivity index (χ4n) is 1.35. The third-order valence-corrected chi connectivity index (χ3v) is 2.25. The Morgan fingerprint density at radius 3 is 2.20 bits per heavy atom. The summed E-state index contributed by atoms with van der Waals surface area (Å²) in [4.78, 5) is 14.0. The normalized spacial score (nSPS) is 10.9. The lowest BCUT2D eigenvalue weighted by molar-refractivity contribution is -0.113. The largest absolute Gasteiger partial charge is 0.342 e. The Balaban J connectivity index is 0. The average molecular weight is 273 g/mol. The Labute approximate surface area is 124 Å². The van der Waals surface area contributed by atoms with Crippen LogP contribution in [-0.2, 0) is 4.79 Å². The van der Waals surface area contributed by atoms with Gasteiger partial charge in [0.2, 0.25) is 5.78 Å². The maximum atomic E-state index is 12.2. The summed E-state index contributed by atoms with van der Waals surface area (Å²) in [7, 11) is 0. The molecule has 0 aliphatic rings. The summed E-state index contributed by atoms with van der Waals surface area (Å²) in [6, 6.07) is 0. The molecule has 0 saturated carbocycles. The van der Waals surface area contributed by atoms with E-state index in [0.717, 1.165) is 0 Å². The van der Waals surface area contributed by atoms with Crippen molar-refractivity contribution >= 4 is 5.78 Å². The first-order chi connectivity index (χ1) is 9.62. The quantitative estimate of drug-likeness (QED) is 0.359. The summed E-state index contributed by atoms with van der Waals surface area (Å²) in [5, 5.41) is 0. The van der Waals surface area contributed by atoms with Crippen molar-refractivity contribution < 1.29 is 4.79 Å². The van der Waals surface area contributed by atoms with Gasteiger partial charge >= 0.3 is 0 Å². The van der Waals surface area contributed by atoms with Gasteiger partial charge in [-0.2, -0.15) is 0 Å². The van der Waals surface area contributed by atoms with Gasteiger partial charge in [-0.3, -0.25) is 4.79 Å². The monoisotopic (exact) mass is 273 g/mol. The molecule has 20 heavy (non-hydrogen) atoms. The second kappa shape index (κ2) is 13.3. The zero-order chi connectivity index (χ0) is 16.0. The van der Waals surface area contributed by atoms with E-state index in [2.05, 4.69) is 19.7 Å². The first kappa shape index (κ1) is 20.2. The molecular weight excluding hydrogens is 246 g/mol. The van der Waals surface area contributed by atoms with Gasteiger partial charge < -0.3 is 4.90 Å². The lowest BCUT2D eigenvalue weighted by Crippen LogP contribution is -2.22. The Hall–Kier alpha value is -2.09. The number of nitrogens with zero attached hydrogens (tertiary/aromatic N) is 1. The Morgan fingerprint density at radius 2 is 1.80 bits per heavy atom. The summed E-state index contributed by atoms with van der Waals surface area (Å²) in [5.74, 6) is -0.101. The number of hydrogen-bond donors (Lipinski definition) is 0. The zero-order valence-electron chi connectivity index (χ0n) is 13.2. The third kappa shape index (κ3) is 7.37. The number of allylic oxidation sites excluding steroid dienone is 6. The summed E-state index contributed by atoms with van der Waals surface area (Å²) >= 11 is 0. The molecule has 2 heteroatoms. The second-order valence-corrected chi connectivity index (χ2v) is 3.54. The zero-order valence-corrected chi connectivity index (χ0v) is 13.2. The van der Waals surface area contributed by atoms with Crippen molar-refractivity contribution in [3.63, 3.8) is 0 Å². The number of hydrogen-bond acceptors (Lipinski definition) is 2. The van der Waals surface area contributed by atoms with E-state index in [1.54, 1.807) is 35.3 Å². The minimum atomic E-state index is -0.101. The lowest BCUT2D eigenvalue weighted by atomic mass is 10.1. The summed E-state index contributed by atoms with van der Waals surface area (Å²) in [6.45, 7) is 19.4. The van der Waals surface area contributed by atoms with Crippen molar-refractivity contribution in [1.29, 1.82) is 0 Å². The van der Waals surface area contributed by atoms with Crippen molar-refractivity contribution in [2.45, 2.75) is 27.7 Å². The van der Waals surface area contributed by atoms with Crippen LogP contribution in [0.5, 0.6) is 0 Å². The molecule has 0 radical (unpaired) electrons. The number of rotatable bonds is 8. The highest BCUT2D eigenvalue weighted by Crippen LogP contribution is 2.12. The Bertz CT molecular complexity index is 411. The molecule has 0 bridgehead atoms. The SMILES string of the molecule is C=C/C=C\C(=C/C)C(=O)C(=C)N(/C=C\C)CC=C.CC. The van der Waals surface area contributed by atoms with E-state index in [0.29, 0.717) is 17.8 Å². The molecule has 0 rings (SSSR count). The standard InChI is InChI=1S/C16H21NO.C2H6/c1-6-10-11-15(9-4)16(18)14(5)17(12-7-2)13-8-3;1-2/h6-11,13H,1-2,5,12H2,3-4H3;1-2H3/b11-10-,13-8-,15-9+;. The van der Waals surface area contributed by atoms with E-state index in [4.69, 9.17) is 0 Å². The van der Waals surface area contributed by atoms with E-state index in [-0.39, 0.29) is 5.78 Å². The molecule has 110 valence electrons. The highest BCUT2D eigenvalue weighted by Gasteiger charge is 2.14. The van der Waals surface area contributed by atoms with Gasteiger partial charge in [0.15, 0.2) is 0 Å². The lowest BCUT2D eigenvalue weighted by Gasteiger charge is -2.20. The molecule has 0 spiro atoms. The van der Waals surface area contributed by atoms with Gasteiger partial charge in [0, 0.05) is 18.3 Å². The predicted octanol–water partition coefficient (Wildman–Crippen LogP) is 4.81. The molecular formula is C18H27NO. The highest BCUT2D eigenvalue weighted by atomic mass is 16.1. The maximum Gasteiger partial charge on any atom is 0.208 e. The third-order valence-electron chi connectivity index (χ3n) is 2.25. The number of Topliss-reactive ketones (excluding diaryl/α,β-unsaturated/α-hetero) is 1. The number of ketones is 1. The fraction of sp³-hybridized carbons (Fsp3) is 0.278. The molecule has 0 atom stereocenters. The summed E-state index contributed by atoms with van der Waals surface area (Å²) in [6.07, 6.45) is 12.2. The van der Waals surface area contributed by atoms with E-state index in [9.17, 15) is 4.79 Å². The second-order valence-electron chi connectivity index (χ2n) is 3.54. The van der Waals surface area contributed by atoms with Crippen LogP contribution in [0.25, 0.3) is 0 Å². The molecule has 0 saturated heterocycles. The molecule has 0 amide bonds. The molecule has 0 aromatic carbocycles. The van der Waals surface area contributed by atoms with Gasteiger partial charge in [0.05, 0.1) is 5.70 Å². The van der Waals surface area contributed by atoms with Crippen molar-refractivity contribution in [2.75, 3.05) is 6.54 Å². The van der Waals surface area contributed by atoms with Crippen LogP contribution in [0.3, 0.4) is 0 Å². The van der Waals surface area contributed by atoms with Gasteiger partial charge in [-0.05, 0) is 13.8 Å². The smallest absolute Gasteiger partial charge is 0.208 e. The Morgan fingerprint density at radius 1 is 1.20 bits per heavy atom. The molecule has 0 aromatic heterocycles. The minimum absolute atomic E-state index is 0.101. The molecule has 0 fully saturated rings. The van der Waals surface area contributed by atoms with Crippen LogP contribution >= 0.6 is 0 Å². The van der Waals surface area contributed by atoms with Gasteiger partial charge in [-0.15, -0.1) is 6.58 Å². The van der Waals surface area contributed by atoms with Crippen LogP contribution in [-0.4, -0.2) is 17.2 Å². The van der Waals surface area contributed by atoms with Crippen LogP contribution in [0.2, 0.25) is 0 Å². The van der Waals surface area contributed by atoms with E-state index >= 15 is 0 Å². The van der Waals surface area contributed by atoms with Crippen LogP contribution in [0.15, 0.2) is 73.7 Å². The first-order valence-corrected chi connectivity index (χ1v) is 6.81. The average Bonchev–Trinajstić information content (AvgIpc) is 2.49. The van der Waals surface area contributed by atoms with Gasteiger partial charge in [-0.25, -0.2) is 0 Å². The van der Waals surface area contributed by atoms with Crippen LogP contribution in [0.1, 0.15) is 27.7 Å². The maximum absolute atomic E-state index is 12.2. The first-order valence-electron chi connectivity index (χ1n) is 6.81. The highest BCUT2D eigenvalue weighted by molar-refractivity contribution is 6.09. The van der Waals surface area contributed by atoms with Gasteiger partial charge in [-0.1, -0.05) is 63.5 Å². The molecule has 0 aliphatic heterocycles. The summed E-state index contributed by atoms with van der Waals surface area (Å²) < 4.78 is 0. The summed E-state index contributed by atoms with van der Waals surface area (Å²) in [5.41, 5.74) is 1.02. The molecule has 0 aromatic rings. The van der Waals surface area contributed by atoms with Crippen molar-refractivity contribution in [3.05, 3.63) is 73.7 Å². The van der Waals surface area contributed by atoms with E-state index in [1.165, 1.54) is 0 Å². The Kier molecular flexibility index (Phi) is 13.5.